The fourth-order valence-corrected chi connectivity index (χ4v) is 9.46. The second kappa shape index (κ2) is 19.9. The number of carboxylic acid groups (broad SMARTS) is 1. The number of rotatable bonds is 16. The molecule has 7 rings (SSSR count). The third kappa shape index (κ3) is 11.2. The third-order valence-corrected chi connectivity index (χ3v) is 13.4. The van der Waals surface area contributed by atoms with Gasteiger partial charge in [0.05, 0.1) is 29.3 Å². The standard InChI is InChI=1S/C49H48N2O8S2/c1-32-11-25-43(26-12-32)61(56,57)51-44(28-34-7-4-3-5-8-34)47(53)50-29-36-9-6-10-41(27-36)37-17-19-40(20-18-37)49-58-45(31-60-42-23-21-39(22-24-42)48(54)55)33(2)46(59-49)38-15-13-35(30-52)14-16-38/h3-27,33,44-46,49,51-52H,28-31H2,1-2H3,(H,50,53)(H,54,55). The second-order valence-corrected chi connectivity index (χ2v) is 18.0. The summed E-state index contributed by atoms with van der Waals surface area (Å²) in [5, 5.41) is 21.9. The molecule has 0 aromatic heterocycles. The minimum absolute atomic E-state index is 0.0217. The summed E-state index contributed by atoms with van der Waals surface area (Å²) in [6.45, 7) is 4.12. The molecule has 0 radical (unpaired) electrons. The van der Waals surface area contributed by atoms with Crippen LogP contribution < -0.4 is 10.0 Å². The van der Waals surface area contributed by atoms with Crippen molar-refractivity contribution in [2.75, 3.05) is 5.75 Å². The number of sulfonamides is 1. The Morgan fingerprint density at radius 3 is 2.08 bits per heavy atom. The van der Waals surface area contributed by atoms with Crippen LogP contribution in [0.5, 0.6) is 0 Å². The number of ether oxygens (including phenoxy) is 2. The average Bonchev–Trinajstić information content (AvgIpc) is 3.28. The van der Waals surface area contributed by atoms with E-state index in [1.54, 1.807) is 36.0 Å². The molecule has 0 aliphatic carbocycles. The summed E-state index contributed by atoms with van der Waals surface area (Å²) in [5.41, 5.74) is 7.35. The molecule has 61 heavy (non-hydrogen) atoms. The van der Waals surface area contributed by atoms with Gasteiger partial charge in [0.1, 0.15) is 6.04 Å². The zero-order valence-electron chi connectivity index (χ0n) is 33.8. The minimum Gasteiger partial charge on any atom is -0.478 e. The first-order valence-corrected chi connectivity index (χ1v) is 22.5. The zero-order chi connectivity index (χ0) is 42.9. The molecule has 5 unspecified atom stereocenters. The Morgan fingerprint density at radius 2 is 1.41 bits per heavy atom. The predicted molar refractivity (Wildman–Crippen MR) is 236 cm³/mol. The lowest BCUT2D eigenvalue weighted by atomic mass is 9.91. The molecule has 6 aromatic carbocycles. The molecule has 1 amide bonds. The van der Waals surface area contributed by atoms with Crippen molar-refractivity contribution in [1.29, 1.82) is 0 Å². The number of aliphatic hydroxyl groups excluding tert-OH is 1. The summed E-state index contributed by atoms with van der Waals surface area (Å²) in [6, 6.07) is 45.2. The van der Waals surface area contributed by atoms with E-state index in [0.717, 1.165) is 49.4 Å². The van der Waals surface area contributed by atoms with Gasteiger partial charge in [-0.1, -0.05) is 122 Å². The van der Waals surface area contributed by atoms with Crippen molar-refractivity contribution in [3.05, 3.63) is 191 Å². The Balaban J connectivity index is 1.04. The maximum atomic E-state index is 13.7. The highest BCUT2D eigenvalue weighted by atomic mass is 32.2. The molecular formula is C49H48N2O8S2. The molecule has 10 nitrogen and oxygen atoms in total. The molecule has 5 atom stereocenters. The average molecular weight is 857 g/mol. The van der Waals surface area contributed by atoms with Gasteiger partial charge >= 0.3 is 5.97 Å². The molecular weight excluding hydrogens is 809 g/mol. The molecule has 1 aliphatic heterocycles. The maximum Gasteiger partial charge on any atom is 0.335 e. The summed E-state index contributed by atoms with van der Waals surface area (Å²) in [5.74, 6) is -0.810. The second-order valence-electron chi connectivity index (χ2n) is 15.2. The number of aryl methyl sites for hydroxylation is 1. The van der Waals surface area contributed by atoms with Gasteiger partial charge in [-0.05, 0) is 89.2 Å². The number of thioether (sulfide) groups is 1. The van der Waals surface area contributed by atoms with Gasteiger partial charge in [0.2, 0.25) is 15.9 Å². The van der Waals surface area contributed by atoms with Crippen LogP contribution in [-0.2, 0) is 43.9 Å². The smallest absolute Gasteiger partial charge is 0.335 e. The first-order valence-electron chi connectivity index (χ1n) is 20.0. The molecule has 1 fully saturated rings. The van der Waals surface area contributed by atoms with Crippen LogP contribution in [0.3, 0.4) is 0 Å². The number of carbonyl (C=O) groups is 2. The maximum absolute atomic E-state index is 13.7. The highest BCUT2D eigenvalue weighted by molar-refractivity contribution is 7.99. The monoisotopic (exact) mass is 856 g/mol. The van der Waals surface area contributed by atoms with Gasteiger partial charge in [-0.2, -0.15) is 4.72 Å². The van der Waals surface area contributed by atoms with Crippen LogP contribution in [-0.4, -0.2) is 48.4 Å². The summed E-state index contributed by atoms with van der Waals surface area (Å²) in [7, 11) is -3.98. The molecule has 4 N–H and O–H groups in total. The highest BCUT2D eigenvalue weighted by Gasteiger charge is 2.38. The molecule has 0 saturated carbocycles. The minimum atomic E-state index is -3.98. The molecule has 0 spiro atoms. The number of amides is 1. The van der Waals surface area contributed by atoms with E-state index in [1.807, 2.05) is 122 Å². The molecule has 314 valence electrons. The van der Waals surface area contributed by atoms with Gasteiger partial charge < -0.3 is 25.0 Å². The van der Waals surface area contributed by atoms with Crippen LogP contribution in [0, 0.1) is 12.8 Å². The topological polar surface area (TPSA) is 151 Å². The van der Waals surface area contributed by atoms with Crippen molar-refractivity contribution < 1.29 is 37.7 Å². The first kappa shape index (κ1) is 43.5. The van der Waals surface area contributed by atoms with Crippen LogP contribution in [0.25, 0.3) is 11.1 Å². The number of carbonyl (C=O) groups excluding carboxylic acids is 1. The summed E-state index contributed by atoms with van der Waals surface area (Å²) in [4.78, 5) is 26.1. The molecule has 1 aliphatic rings. The lowest BCUT2D eigenvalue weighted by molar-refractivity contribution is -0.268. The van der Waals surface area contributed by atoms with Crippen LogP contribution in [0.1, 0.15) is 63.1 Å². The number of aromatic carboxylic acids is 1. The molecule has 6 aromatic rings. The Hall–Kier alpha value is -5.60. The van der Waals surface area contributed by atoms with Crippen LogP contribution in [0.2, 0.25) is 0 Å². The van der Waals surface area contributed by atoms with Crippen molar-refractivity contribution >= 4 is 33.7 Å². The summed E-state index contributed by atoms with van der Waals surface area (Å²) >= 11 is 1.60. The van der Waals surface area contributed by atoms with Gasteiger partial charge in [0.15, 0.2) is 6.29 Å². The van der Waals surface area contributed by atoms with Crippen molar-refractivity contribution in [2.45, 2.75) is 67.8 Å². The van der Waals surface area contributed by atoms with Gasteiger partial charge in [-0.15, -0.1) is 11.8 Å². The van der Waals surface area contributed by atoms with Crippen molar-refractivity contribution in [2.24, 2.45) is 5.92 Å². The van der Waals surface area contributed by atoms with Gasteiger partial charge in [0, 0.05) is 28.7 Å². The van der Waals surface area contributed by atoms with E-state index in [1.165, 1.54) is 12.1 Å². The quantitative estimate of drug-likeness (QED) is 0.0702. The number of hydrogen-bond acceptors (Lipinski definition) is 8. The summed E-state index contributed by atoms with van der Waals surface area (Å²) in [6.07, 6.45) is -0.983. The van der Waals surface area contributed by atoms with Crippen molar-refractivity contribution in [3.63, 3.8) is 0 Å². The van der Waals surface area contributed by atoms with E-state index in [4.69, 9.17) is 9.47 Å². The van der Waals surface area contributed by atoms with Crippen molar-refractivity contribution in [3.8, 4) is 11.1 Å². The van der Waals surface area contributed by atoms with E-state index in [2.05, 4.69) is 17.0 Å². The van der Waals surface area contributed by atoms with Gasteiger partial charge in [-0.25, -0.2) is 13.2 Å². The number of carboxylic acids is 1. The molecule has 0 bridgehead atoms. The fraction of sp³-hybridized carbons (Fsp3) is 0.224. The SMILES string of the molecule is Cc1ccc(S(=O)(=O)NC(Cc2ccccc2)C(=O)NCc2cccc(-c3ccc(C4OC(CSc5ccc(C(=O)O)cc5)C(C)C(c5ccc(CO)cc5)O4)cc3)c2)cc1. The Morgan fingerprint density at radius 1 is 0.738 bits per heavy atom. The highest BCUT2D eigenvalue weighted by Crippen LogP contribution is 2.43. The van der Waals surface area contributed by atoms with Gasteiger partial charge in [0.25, 0.3) is 0 Å². The summed E-state index contributed by atoms with van der Waals surface area (Å²) < 4.78 is 42.7. The third-order valence-electron chi connectivity index (χ3n) is 10.8. The predicted octanol–water partition coefficient (Wildman–Crippen LogP) is 8.64. The lowest BCUT2D eigenvalue weighted by Crippen LogP contribution is -2.47. The van der Waals surface area contributed by atoms with E-state index in [-0.39, 0.29) is 48.2 Å². The van der Waals surface area contributed by atoms with Crippen LogP contribution >= 0.6 is 11.8 Å². The number of aliphatic hydroxyl groups is 1. The molecule has 1 heterocycles. The van der Waals surface area contributed by atoms with E-state index in [0.29, 0.717) is 5.75 Å². The van der Waals surface area contributed by atoms with E-state index in [9.17, 15) is 28.2 Å². The Labute approximate surface area is 361 Å². The van der Waals surface area contributed by atoms with Gasteiger partial charge in [-0.3, -0.25) is 4.79 Å². The Bertz CT molecular complexity index is 2520. The normalized spacial score (nSPS) is 18.3. The molecule has 12 heteroatoms. The number of benzene rings is 6. The lowest BCUT2D eigenvalue weighted by Gasteiger charge is -2.41. The number of hydrogen-bond donors (Lipinski definition) is 4. The number of nitrogens with one attached hydrogen (secondary N) is 2. The molecule has 1 saturated heterocycles. The fourth-order valence-electron chi connectivity index (χ4n) is 7.20. The van der Waals surface area contributed by atoms with Crippen LogP contribution in [0.4, 0.5) is 0 Å². The van der Waals surface area contributed by atoms with E-state index < -0.39 is 34.2 Å². The van der Waals surface area contributed by atoms with E-state index >= 15 is 0 Å². The Kier molecular flexibility index (Phi) is 14.2. The van der Waals surface area contributed by atoms with Crippen molar-refractivity contribution in [1.82, 2.24) is 10.0 Å². The first-order chi connectivity index (χ1) is 29.4. The van der Waals surface area contributed by atoms with Crippen LogP contribution in [0.15, 0.2) is 161 Å². The zero-order valence-corrected chi connectivity index (χ0v) is 35.4. The largest absolute Gasteiger partial charge is 0.478 e.